The van der Waals surface area contributed by atoms with Crippen molar-refractivity contribution in [3.05, 3.63) is 0 Å². The van der Waals surface area contributed by atoms with E-state index in [0.29, 0.717) is 0 Å². The van der Waals surface area contributed by atoms with Crippen molar-refractivity contribution in [2.45, 2.75) is 32.8 Å². The normalized spacial score (nSPS) is 44.7. The molecular weight excluding hydrogens is 549 g/mol. The van der Waals surface area contributed by atoms with E-state index in [0.717, 1.165) is 12.8 Å². The van der Waals surface area contributed by atoms with Gasteiger partial charge in [0.1, 0.15) is 0 Å². The number of hydrogen-bond donors (Lipinski definition) is 2. The van der Waals surface area contributed by atoms with Crippen LogP contribution in [0.2, 0.25) is 0 Å². The zero-order valence-corrected chi connectivity index (χ0v) is 12.6. The number of nitrogens with two attached hydrogens (primary N) is 2. The Bertz CT molecular complexity index is 123. The van der Waals surface area contributed by atoms with Crippen molar-refractivity contribution in [2.24, 2.45) is 11.5 Å². The molecule has 0 bridgehead atoms. The van der Waals surface area contributed by atoms with Gasteiger partial charge < -0.3 is 11.5 Å². The van der Waals surface area contributed by atoms with Crippen LogP contribution in [-0.4, -0.2) is 7.09 Å². The van der Waals surface area contributed by atoms with Crippen molar-refractivity contribution in [1.29, 1.82) is 0 Å². The van der Waals surface area contributed by atoms with Gasteiger partial charge in [0.25, 0.3) is 0 Å². The maximum atomic E-state index is 6.01. The fourth-order valence-corrected chi connectivity index (χ4v) is 2.48. The van der Waals surface area contributed by atoms with E-state index >= 15 is 0 Å². The third-order valence-corrected chi connectivity index (χ3v) is 6.06. The Morgan fingerprint density at radius 2 is 1.18 bits per heavy atom. The zero-order chi connectivity index (χ0) is 7.83. The molecule has 0 aromatic heterocycles. The Morgan fingerprint density at radius 3 is 1.36 bits per heavy atom. The average molecular weight is 561 g/mol. The molecule has 0 heterocycles. The van der Waals surface area contributed by atoms with Gasteiger partial charge in [0.15, 0.2) is 0 Å². The third-order valence-electron chi connectivity index (χ3n) is 2.02. The van der Waals surface area contributed by atoms with E-state index in [9.17, 15) is 0 Å². The zero-order valence-electron chi connectivity index (χ0n) is 6.06. The minimum absolute atomic E-state index is 0. The summed E-state index contributed by atoms with van der Waals surface area (Å²) in [6, 6.07) is 0. The molecule has 2 atom stereocenters. The Morgan fingerprint density at radius 1 is 0.909 bits per heavy atom. The molecule has 0 aromatic carbocycles. The van der Waals surface area contributed by atoms with Gasteiger partial charge in [-0.3, -0.25) is 0 Å². The maximum Gasteiger partial charge on any atom is 0.0955 e. The largest absolute Gasteiger partial charge is 0.315 e. The summed E-state index contributed by atoms with van der Waals surface area (Å²) in [5, 5.41) is 0. The first-order chi connectivity index (χ1) is 4.46. The summed E-state index contributed by atoms with van der Waals surface area (Å²) in [4.78, 5) is 0. The van der Waals surface area contributed by atoms with Crippen molar-refractivity contribution in [1.82, 2.24) is 0 Å². The van der Waals surface area contributed by atoms with E-state index < -0.39 is 0 Å². The van der Waals surface area contributed by atoms with Gasteiger partial charge in [-0.05, 0) is 12.8 Å². The fraction of sp³-hybridized carbons (Fsp3) is 1.00. The number of alkyl halides is 2. The molecule has 1 aliphatic carbocycles. The molecule has 0 spiro atoms. The molecule has 0 aromatic rings. The molecule has 0 amide bonds. The van der Waals surface area contributed by atoms with Gasteiger partial charge in [-0.1, -0.05) is 58.0 Å². The topological polar surface area (TPSA) is 52.0 Å². The van der Waals surface area contributed by atoms with Gasteiger partial charge in [-0.25, -0.2) is 0 Å². The Labute approximate surface area is 109 Å². The number of halogens is 2. The van der Waals surface area contributed by atoms with E-state index in [-0.39, 0.29) is 28.2 Å². The first kappa shape index (κ1) is 13.1. The second kappa shape index (κ2) is 4.53. The third kappa shape index (κ3) is 3.04. The molecule has 1 aliphatic rings. The molecule has 4 N–H and O–H groups in total. The fourth-order valence-electron chi connectivity index (χ4n) is 1.18. The first-order valence-electron chi connectivity index (χ1n) is 3.41. The van der Waals surface area contributed by atoms with Gasteiger partial charge in [-0.15, -0.1) is 0 Å². The molecule has 1 saturated carbocycles. The van der Waals surface area contributed by atoms with Crippen molar-refractivity contribution < 1.29 is 21.1 Å². The molecule has 0 radical (unpaired) electrons. The average Bonchev–Trinajstić information content (AvgIpc) is 1.77. The quantitative estimate of drug-likeness (QED) is 0.269. The number of hydrogen-bond acceptors (Lipinski definition) is 2. The van der Waals surface area contributed by atoms with E-state index in [4.69, 9.17) is 11.5 Å². The van der Waals surface area contributed by atoms with Gasteiger partial charge in [0.2, 0.25) is 0 Å². The van der Waals surface area contributed by atoms with E-state index in [2.05, 4.69) is 45.2 Å². The molecular formula is C6H12I2N2Pt. The predicted molar refractivity (Wildman–Crippen MR) is 60.3 cm³/mol. The van der Waals surface area contributed by atoms with Gasteiger partial charge in [0, 0.05) is 21.1 Å². The van der Waals surface area contributed by atoms with Crippen LogP contribution in [0.25, 0.3) is 0 Å². The molecule has 0 saturated heterocycles. The van der Waals surface area contributed by atoms with E-state index in [1.54, 1.807) is 0 Å². The van der Waals surface area contributed by atoms with Crippen LogP contribution in [0.15, 0.2) is 0 Å². The SMILES string of the molecule is NC1(I)CCCCC1(N)I.[Pt]. The minimum atomic E-state index is -0.191. The van der Waals surface area contributed by atoms with Gasteiger partial charge >= 0.3 is 0 Å². The molecule has 2 unspecified atom stereocenters. The smallest absolute Gasteiger partial charge is 0.0955 e. The molecule has 1 fully saturated rings. The van der Waals surface area contributed by atoms with Crippen molar-refractivity contribution in [3.63, 3.8) is 0 Å². The molecule has 0 aliphatic heterocycles. The summed E-state index contributed by atoms with van der Waals surface area (Å²) in [6.07, 6.45) is 4.54. The minimum Gasteiger partial charge on any atom is -0.315 e. The Hall–Kier alpha value is 2.07. The summed E-state index contributed by atoms with van der Waals surface area (Å²) < 4.78 is -0.382. The van der Waals surface area contributed by atoms with E-state index in [1.807, 2.05) is 0 Å². The maximum absolute atomic E-state index is 6.01. The summed E-state index contributed by atoms with van der Waals surface area (Å²) in [7, 11) is 0. The van der Waals surface area contributed by atoms with Crippen molar-refractivity contribution in [2.75, 3.05) is 0 Å². The van der Waals surface area contributed by atoms with Crippen LogP contribution in [-0.2, 0) is 21.1 Å². The van der Waals surface area contributed by atoms with Gasteiger partial charge in [-0.2, -0.15) is 0 Å². The monoisotopic (exact) mass is 561 g/mol. The second-order valence-electron chi connectivity index (χ2n) is 2.93. The van der Waals surface area contributed by atoms with Crippen LogP contribution in [0.1, 0.15) is 25.7 Å². The summed E-state index contributed by atoms with van der Waals surface area (Å²) in [6.45, 7) is 0. The molecule has 5 heteroatoms. The van der Waals surface area contributed by atoms with Crippen molar-refractivity contribution in [3.8, 4) is 0 Å². The van der Waals surface area contributed by atoms with Crippen LogP contribution >= 0.6 is 45.2 Å². The molecule has 11 heavy (non-hydrogen) atoms. The van der Waals surface area contributed by atoms with Crippen molar-refractivity contribution >= 4 is 45.2 Å². The second-order valence-corrected chi connectivity index (χ2v) is 6.78. The summed E-state index contributed by atoms with van der Waals surface area (Å²) >= 11 is 4.56. The van der Waals surface area contributed by atoms with E-state index in [1.165, 1.54) is 12.8 Å². The first-order valence-corrected chi connectivity index (χ1v) is 5.57. The Balaban J connectivity index is 0.000001000. The standard InChI is InChI=1S/C6H12I2N2.Pt/c7-5(9)3-1-2-4-6(5,8)10;/h1-4,9-10H2;. The van der Waals surface area contributed by atoms with Crippen LogP contribution in [0.3, 0.4) is 0 Å². The summed E-state index contributed by atoms with van der Waals surface area (Å²) in [5.74, 6) is 0. The molecule has 2 nitrogen and oxygen atoms in total. The molecule has 1 rings (SSSR count). The van der Waals surface area contributed by atoms with Crippen LogP contribution in [0.4, 0.5) is 0 Å². The number of rotatable bonds is 0. The summed E-state index contributed by atoms with van der Waals surface area (Å²) in [5.41, 5.74) is 12.0. The van der Waals surface area contributed by atoms with Crippen LogP contribution < -0.4 is 11.5 Å². The van der Waals surface area contributed by atoms with Crippen LogP contribution in [0, 0.1) is 0 Å². The molecule has 70 valence electrons. The van der Waals surface area contributed by atoms with Crippen LogP contribution in [0.5, 0.6) is 0 Å². The van der Waals surface area contributed by atoms with Gasteiger partial charge in [0.05, 0.1) is 7.09 Å². The Kier molecular flexibility index (Phi) is 5.38. The predicted octanol–water partition coefficient (Wildman–Crippen LogP) is 1.74.